The van der Waals surface area contributed by atoms with Gasteiger partial charge >= 0.3 is 0 Å². The van der Waals surface area contributed by atoms with E-state index < -0.39 is 0 Å². The molecule has 18 unspecified atom stereocenters. The van der Waals surface area contributed by atoms with E-state index in [1.165, 1.54) is 6.42 Å². The normalized spacial score (nSPS) is 52.6. The maximum Gasteiger partial charge on any atom is -0.0349 e. The van der Waals surface area contributed by atoms with Gasteiger partial charge in [-0.05, 0) is 228 Å². The molecule has 0 amide bonds. The lowest BCUT2D eigenvalue weighted by molar-refractivity contribution is -0.0286. The van der Waals surface area contributed by atoms with E-state index in [4.69, 9.17) is 0 Å². The average Bonchev–Trinajstić information content (AvgIpc) is 3.62. The summed E-state index contributed by atoms with van der Waals surface area (Å²) < 4.78 is 0. The topological polar surface area (TPSA) is 0 Å². The molecule has 11 aliphatic rings. The highest BCUT2D eigenvalue weighted by Crippen LogP contribution is 2.64. The summed E-state index contributed by atoms with van der Waals surface area (Å²) in [4.78, 5) is 0. The van der Waals surface area contributed by atoms with E-state index in [0.29, 0.717) is 0 Å². The number of hydrogen-bond acceptors (Lipinski definition) is 0. The van der Waals surface area contributed by atoms with Crippen molar-refractivity contribution < 1.29 is 0 Å². The largest absolute Gasteiger partial charge is 0.0533 e. The molecule has 0 aliphatic heterocycles. The summed E-state index contributed by atoms with van der Waals surface area (Å²) in [5, 5.41) is 0. The Morgan fingerprint density at radius 2 is 0.364 bits per heavy atom. The predicted molar refractivity (Wildman–Crippen MR) is 231 cm³/mol. The maximum absolute atomic E-state index is 1.71. The van der Waals surface area contributed by atoms with E-state index in [0.717, 1.165) is 118 Å². The van der Waals surface area contributed by atoms with E-state index in [9.17, 15) is 0 Å². The maximum atomic E-state index is 1.71. The molecule has 18 atom stereocenters. The first-order valence-corrected chi connectivity index (χ1v) is 27.2. The minimum atomic E-state index is 1.10. The third-order valence-electron chi connectivity index (χ3n) is 22.9. The highest BCUT2D eigenvalue weighted by molar-refractivity contribution is 5.05. The monoisotopic (exact) mass is 751 g/mol. The molecule has 0 heteroatoms. The molecule has 0 spiro atoms. The molecular formula is C55H90. The molecule has 0 aromatic heterocycles. The lowest BCUT2D eigenvalue weighted by Gasteiger charge is -2.53. The van der Waals surface area contributed by atoms with E-state index in [1.807, 2.05) is 0 Å². The zero-order valence-electron chi connectivity index (χ0n) is 36.3. The first-order valence-electron chi connectivity index (χ1n) is 27.2. The molecule has 0 radical (unpaired) electrons. The molecular weight excluding hydrogens is 661 g/mol. The van der Waals surface area contributed by atoms with Crippen LogP contribution in [0.1, 0.15) is 225 Å². The van der Waals surface area contributed by atoms with Gasteiger partial charge in [0.15, 0.2) is 0 Å². The van der Waals surface area contributed by atoms with Gasteiger partial charge in [0, 0.05) is 0 Å². The molecule has 0 aromatic rings. The average molecular weight is 751 g/mol. The smallest absolute Gasteiger partial charge is 0.0349 e. The molecule has 0 heterocycles. The summed E-state index contributed by atoms with van der Waals surface area (Å²) in [5.41, 5.74) is 0. The number of hydrogen-bond donors (Lipinski definition) is 0. The molecule has 0 saturated heterocycles. The van der Waals surface area contributed by atoms with E-state index in [-0.39, 0.29) is 0 Å². The van der Waals surface area contributed by atoms with Gasteiger partial charge in [-0.2, -0.15) is 0 Å². The fourth-order valence-corrected chi connectivity index (χ4v) is 20.3. The van der Waals surface area contributed by atoms with Gasteiger partial charge in [-0.25, -0.2) is 0 Å². The van der Waals surface area contributed by atoms with Gasteiger partial charge in [0.05, 0.1) is 0 Å². The SMILES string of the molecule is C1CCC(C2CCC3CC(C4CC(C5CCC6CCCCC6C5)CC(C5CC(C6CCCCC6)C6CC7CC8CCCCC8CC7C6C5)C4)CCC3C2)CC1. The van der Waals surface area contributed by atoms with Crippen LogP contribution in [0.2, 0.25) is 0 Å². The molecule has 0 N–H and O–H groups in total. The zero-order valence-corrected chi connectivity index (χ0v) is 36.3. The second-order valence-corrected chi connectivity index (χ2v) is 25.0. The molecule has 11 saturated carbocycles. The third kappa shape index (κ3) is 7.78. The summed E-state index contributed by atoms with van der Waals surface area (Å²) in [5.74, 6) is 22.4. The van der Waals surface area contributed by atoms with Crippen LogP contribution < -0.4 is 0 Å². The van der Waals surface area contributed by atoms with Crippen LogP contribution in [-0.2, 0) is 0 Å². The number of fused-ring (bicyclic) bond motifs is 6. The quantitative estimate of drug-likeness (QED) is 0.262. The molecule has 11 fully saturated rings. The number of rotatable bonds is 5. The molecule has 310 valence electrons. The van der Waals surface area contributed by atoms with Crippen molar-refractivity contribution in [2.24, 2.45) is 118 Å². The Kier molecular flexibility index (Phi) is 11.6. The highest BCUT2D eigenvalue weighted by Gasteiger charge is 2.56. The molecule has 0 aromatic carbocycles. The molecule has 11 rings (SSSR count). The standard InChI is InChI=1S/C55H90/c1-3-11-36(12-4-1)42-21-22-44-27-46(24-23-43(44)26-42)48-29-47(45-20-19-37-13-7-8-16-39(37)25-45)30-49(31-48)50-33-52(38-14-5-2-6-15-38)55-35-51-28-40-17-9-10-18-41(40)32-53(51)54(55)34-50/h36-55H,1-35H2. The Labute approximate surface area is 341 Å². The van der Waals surface area contributed by atoms with Crippen molar-refractivity contribution in [3.63, 3.8) is 0 Å². The van der Waals surface area contributed by atoms with E-state index in [1.54, 1.807) is 218 Å². The Hall–Kier alpha value is 0. The van der Waals surface area contributed by atoms with Crippen LogP contribution >= 0.6 is 0 Å². The van der Waals surface area contributed by atoms with Gasteiger partial charge in [-0.3, -0.25) is 0 Å². The lowest BCUT2D eigenvalue weighted by atomic mass is 9.52. The zero-order chi connectivity index (χ0) is 36.3. The van der Waals surface area contributed by atoms with Crippen LogP contribution in [0.25, 0.3) is 0 Å². The fourth-order valence-electron chi connectivity index (χ4n) is 20.3. The van der Waals surface area contributed by atoms with Crippen molar-refractivity contribution in [2.45, 2.75) is 225 Å². The first kappa shape index (κ1) is 38.0. The molecule has 11 aliphatic carbocycles. The van der Waals surface area contributed by atoms with Crippen LogP contribution in [0.4, 0.5) is 0 Å². The van der Waals surface area contributed by atoms with Gasteiger partial charge in [-0.1, -0.05) is 116 Å². The van der Waals surface area contributed by atoms with Crippen molar-refractivity contribution in [1.82, 2.24) is 0 Å². The van der Waals surface area contributed by atoms with Gasteiger partial charge in [-0.15, -0.1) is 0 Å². The van der Waals surface area contributed by atoms with Gasteiger partial charge in [0.2, 0.25) is 0 Å². The van der Waals surface area contributed by atoms with Crippen LogP contribution in [-0.4, -0.2) is 0 Å². The van der Waals surface area contributed by atoms with Crippen molar-refractivity contribution >= 4 is 0 Å². The summed E-state index contributed by atoms with van der Waals surface area (Å²) in [7, 11) is 0. The van der Waals surface area contributed by atoms with Crippen molar-refractivity contribution in [1.29, 1.82) is 0 Å². The van der Waals surface area contributed by atoms with E-state index in [2.05, 4.69) is 0 Å². The second-order valence-electron chi connectivity index (χ2n) is 25.0. The second kappa shape index (κ2) is 16.8. The molecule has 0 bridgehead atoms. The fraction of sp³-hybridized carbons (Fsp3) is 1.00. The summed E-state index contributed by atoms with van der Waals surface area (Å²) in [6.07, 6.45) is 56.7. The Balaban J connectivity index is 0.833. The van der Waals surface area contributed by atoms with Gasteiger partial charge < -0.3 is 0 Å². The van der Waals surface area contributed by atoms with Gasteiger partial charge in [0.1, 0.15) is 0 Å². The van der Waals surface area contributed by atoms with Crippen molar-refractivity contribution in [2.75, 3.05) is 0 Å². The Morgan fingerprint density at radius 3 is 0.927 bits per heavy atom. The molecule has 55 heavy (non-hydrogen) atoms. The third-order valence-corrected chi connectivity index (χ3v) is 22.9. The Morgan fingerprint density at radius 1 is 0.127 bits per heavy atom. The summed E-state index contributed by atoms with van der Waals surface area (Å²) in [6.45, 7) is 0. The van der Waals surface area contributed by atoms with Crippen LogP contribution in [0, 0.1) is 118 Å². The van der Waals surface area contributed by atoms with Crippen LogP contribution in [0.15, 0.2) is 0 Å². The Bertz CT molecular complexity index is 1240. The van der Waals surface area contributed by atoms with Crippen LogP contribution in [0.3, 0.4) is 0 Å². The van der Waals surface area contributed by atoms with Crippen molar-refractivity contribution in [3.8, 4) is 0 Å². The predicted octanol–water partition coefficient (Wildman–Crippen LogP) is 16.1. The highest BCUT2D eigenvalue weighted by atomic mass is 14.6. The summed E-state index contributed by atoms with van der Waals surface area (Å²) >= 11 is 0. The lowest BCUT2D eigenvalue weighted by Crippen LogP contribution is -2.44. The van der Waals surface area contributed by atoms with E-state index >= 15 is 0 Å². The molecule has 0 nitrogen and oxygen atoms in total. The minimum absolute atomic E-state index is 1.10. The summed E-state index contributed by atoms with van der Waals surface area (Å²) in [6, 6.07) is 0. The first-order chi connectivity index (χ1) is 27.2. The minimum Gasteiger partial charge on any atom is -0.0533 e. The van der Waals surface area contributed by atoms with Crippen LogP contribution in [0.5, 0.6) is 0 Å². The van der Waals surface area contributed by atoms with Gasteiger partial charge in [0.25, 0.3) is 0 Å². The van der Waals surface area contributed by atoms with Crippen molar-refractivity contribution in [3.05, 3.63) is 0 Å².